The van der Waals surface area contributed by atoms with Crippen molar-refractivity contribution in [1.82, 2.24) is 0 Å². The lowest BCUT2D eigenvalue weighted by Gasteiger charge is -2.59. The van der Waals surface area contributed by atoms with E-state index in [0.717, 1.165) is 37.5 Å². The van der Waals surface area contributed by atoms with Crippen molar-refractivity contribution >= 4 is 11.6 Å². The van der Waals surface area contributed by atoms with Gasteiger partial charge in [-0.2, -0.15) is 0 Å². The number of halogens is 2. The largest absolute Gasteiger partial charge is 0.378 e. The van der Waals surface area contributed by atoms with Crippen LogP contribution < -0.4 is 11.1 Å². The quantitative estimate of drug-likeness (QED) is 0.664. The molecular formula is C16H21F2N3O. The summed E-state index contributed by atoms with van der Waals surface area (Å²) < 4.78 is 32.5. The Morgan fingerprint density at radius 2 is 2.23 bits per heavy atom. The maximum atomic E-state index is 13.6. The molecule has 0 radical (unpaired) electrons. The summed E-state index contributed by atoms with van der Waals surface area (Å²) in [5.74, 6) is -0.957. The number of anilines is 1. The van der Waals surface area contributed by atoms with Gasteiger partial charge < -0.3 is 15.8 Å². The third kappa shape index (κ3) is 2.56. The Morgan fingerprint density at radius 3 is 2.86 bits per heavy atom. The van der Waals surface area contributed by atoms with E-state index in [1.807, 2.05) is 6.92 Å². The zero-order valence-electron chi connectivity index (χ0n) is 12.6. The number of nitrogens with zero attached hydrogens (tertiary/aromatic N) is 1. The van der Waals surface area contributed by atoms with Crippen LogP contribution in [0.4, 0.5) is 14.5 Å². The molecule has 0 saturated heterocycles. The third-order valence-electron chi connectivity index (χ3n) is 4.88. The van der Waals surface area contributed by atoms with Gasteiger partial charge in [-0.15, -0.1) is 0 Å². The van der Waals surface area contributed by atoms with Gasteiger partial charge in [0.2, 0.25) is 0 Å². The molecule has 2 unspecified atom stereocenters. The van der Waals surface area contributed by atoms with Crippen LogP contribution in [0.15, 0.2) is 23.2 Å². The van der Waals surface area contributed by atoms with E-state index < -0.39 is 11.6 Å². The minimum absolute atomic E-state index is 0.00425. The molecule has 1 spiro atoms. The summed E-state index contributed by atoms with van der Waals surface area (Å²) in [6.45, 7) is 2.69. The van der Waals surface area contributed by atoms with E-state index in [2.05, 4.69) is 10.3 Å². The Labute approximate surface area is 128 Å². The van der Waals surface area contributed by atoms with Crippen LogP contribution in [0, 0.1) is 17.0 Å². The first-order chi connectivity index (χ1) is 10.5. The molecule has 1 aromatic rings. The van der Waals surface area contributed by atoms with Crippen LogP contribution in [0.1, 0.15) is 32.6 Å². The van der Waals surface area contributed by atoms with Gasteiger partial charge in [-0.25, -0.2) is 13.8 Å². The number of aliphatic imine (C=N–C) groups is 1. The topological polar surface area (TPSA) is 59.6 Å². The van der Waals surface area contributed by atoms with Crippen LogP contribution in [0.5, 0.6) is 0 Å². The van der Waals surface area contributed by atoms with Crippen LogP contribution in [-0.4, -0.2) is 24.7 Å². The fraction of sp³-hybridized carbons (Fsp3) is 0.562. The molecule has 6 heteroatoms. The Kier molecular flexibility index (Phi) is 4.04. The first-order valence-electron chi connectivity index (χ1n) is 7.72. The molecule has 2 fully saturated rings. The molecule has 0 bridgehead atoms. The highest BCUT2D eigenvalue weighted by molar-refractivity contribution is 5.92. The fourth-order valence-corrected chi connectivity index (χ4v) is 3.51. The standard InChI is InChI=1S/C16H21F2N3O/c1-2-22-14-9-13(16(14)6-3-7-16)21-15(19)20-12-8-10(17)4-5-11(12)18/h4-5,8,13-14H,2-3,6-7,9H2,1H3,(H3,19,20,21). The smallest absolute Gasteiger partial charge is 0.193 e. The molecule has 22 heavy (non-hydrogen) atoms. The van der Waals surface area contributed by atoms with Gasteiger partial charge in [0, 0.05) is 18.1 Å². The summed E-state index contributed by atoms with van der Waals surface area (Å²) in [4.78, 5) is 4.47. The van der Waals surface area contributed by atoms with E-state index >= 15 is 0 Å². The van der Waals surface area contributed by atoms with Crippen molar-refractivity contribution in [2.75, 3.05) is 11.9 Å². The average Bonchev–Trinajstić information content (AvgIpc) is 2.40. The van der Waals surface area contributed by atoms with Gasteiger partial charge >= 0.3 is 0 Å². The molecule has 0 aliphatic heterocycles. The lowest BCUT2D eigenvalue weighted by Crippen LogP contribution is -2.61. The predicted molar refractivity (Wildman–Crippen MR) is 81.7 cm³/mol. The normalized spacial score (nSPS) is 26.4. The van der Waals surface area contributed by atoms with Crippen molar-refractivity contribution in [2.45, 2.75) is 44.8 Å². The zero-order valence-corrected chi connectivity index (χ0v) is 12.6. The average molecular weight is 309 g/mol. The van der Waals surface area contributed by atoms with Gasteiger partial charge in [-0.3, -0.25) is 0 Å². The number of nitrogens with one attached hydrogen (secondary N) is 1. The molecule has 120 valence electrons. The number of ether oxygens (including phenoxy) is 1. The molecule has 0 aromatic heterocycles. The van der Waals surface area contributed by atoms with Gasteiger partial charge in [0.1, 0.15) is 11.6 Å². The van der Waals surface area contributed by atoms with Crippen LogP contribution in [-0.2, 0) is 4.74 Å². The lowest BCUT2D eigenvalue weighted by atomic mass is 9.51. The van der Waals surface area contributed by atoms with Crippen molar-refractivity contribution in [3.63, 3.8) is 0 Å². The monoisotopic (exact) mass is 309 g/mol. The van der Waals surface area contributed by atoms with Crippen LogP contribution >= 0.6 is 0 Å². The Balaban J connectivity index is 1.69. The molecule has 2 aliphatic carbocycles. The van der Waals surface area contributed by atoms with Crippen LogP contribution in [0.3, 0.4) is 0 Å². The summed E-state index contributed by atoms with van der Waals surface area (Å²) in [5, 5.41) is 2.65. The molecular weight excluding hydrogens is 288 g/mol. The summed E-state index contributed by atoms with van der Waals surface area (Å²) >= 11 is 0. The molecule has 2 saturated carbocycles. The SMILES string of the molecule is CCOC1CC(N=C(N)Nc2cc(F)ccc2F)C12CCC2. The molecule has 3 N–H and O–H groups in total. The number of guanidine groups is 1. The predicted octanol–water partition coefficient (Wildman–Crippen LogP) is 3.04. The highest BCUT2D eigenvalue weighted by Gasteiger charge is 2.59. The molecule has 2 aliphatic rings. The Bertz CT molecular complexity index is 587. The Hall–Kier alpha value is -1.69. The van der Waals surface area contributed by atoms with Gasteiger partial charge in [0.15, 0.2) is 5.96 Å². The fourth-order valence-electron chi connectivity index (χ4n) is 3.51. The first kappa shape index (κ1) is 15.2. The van der Waals surface area contributed by atoms with E-state index in [1.165, 1.54) is 6.42 Å². The molecule has 0 heterocycles. The van der Waals surface area contributed by atoms with Crippen molar-refractivity contribution < 1.29 is 13.5 Å². The third-order valence-corrected chi connectivity index (χ3v) is 4.88. The summed E-state index contributed by atoms with van der Waals surface area (Å²) in [5.41, 5.74) is 5.97. The summed E-state index contributed by atoms with van der Waals surface area (Å²) in [7, 11) is 0. The van der Waals surface area contributed by atoms with E-state index in [1.54, 1.807) is 0 Å². The van der Waals surface area contributed by atoms with E-state index in [-0.39, 0.29) is 29.2 Å². The minimum atomic E-state index is -0.557. The van der Waals surface area contributed by atoms with Crippen molar-refractivity contribution in [3.05, 3.63) is 29.8 Å². The highest BCUT2D eigenvalue weighted by Crippen LogP contribution is 2.58. The van der Waals surface area contributed by atoms with E-state index in [4.69, 9.17) is 10.5 Å². The minimum Gasteiger partial charge on any atom is -0.378 e. The van der Waals surface area contributed by atoms with E-state index in [0.29, 0.717) is 6.61 Å². The second-order valence-corrected chi connectivity index (χ2v) is 6.05. The summed E-state index contributed by atoms with van der Waals surface area (Å²) in [6, 6.07) is 3.30. The van der Waals surface area contributed by atoms with Gasteiger partial charge in [0.25, 0.3) is 0 Å². The van der Waals surface area contributed by atoms with Crippen molar-refractivity contribution in [1.29, 1.82) is 0 Å². The second kappa shape index (κ2) is 5.83. The zero-order chi connectivity index (χ0) is 15.7. The molecule has 0 amide bonds. The van der Waals surface area contributed by atoms with Crippen LogP contribution in [0.25, 0.3) is 0 Å². The molecule has 1 aromatic carbocycles. The number of nitrogens with two attached hydrogens (primary N) is 1. The number of benzene rings is 1. The maximum Gasteiger partial charge on any atom is 0.193 e. The lowest BCUT2D eigenvalue weighted by molar-refractivity contribution is -0.162. The first-order valence-corrected chi connectivity index (χ1v) is 7.72. The number of hydrogen-bond acceptors (Lipinski definition) is 2. The molecule has 2 atom stereocenters. The Morgan fingerprint density at radius 1 is 1.45 bits per heavy atom. The van der Waals surface area contributed by atoms with E-state index in [9.17, 15) is 8.78 Å². The van der Waals surface area contributed by atoms with Crippen molar-refractivity contribution in [2.24, 2.45) is 16.1 Å². The van der Waals surface area contributed by atoms with Gasteiger partial charge in [0.05, 0.1) is 17.8 Å². The number of rotatable bonds is 4. The summed E-state index contributed by atoms with van der Waals surface area (Å²) in [6.07, 6.45) is 4.45. The number of hydrogen-bond donors (Lipinski definition) is 2. The molecule has 4 nitrogen and oxygen atoms in total. The second-order valence-electron chi connectivity index (χ2n) is 6.05. The van der Waals surface area contributed by atoms with Gasteiger partial charge in [-0.05, 0) is 38.3 Å². The van der Waals surface area contributed by atoms with Crippen molar-refractivity contribution in [3.8, 4) is 0 Å². The molecule has 3 rings (SSSR count). The van der Waals surface area contributed by atoms with Crippen LogP contribution in [0.2, 0.25) is 0 Å². The van der Waals surface area contributed by atoms with Gasteiger partial charge in [-0.1, -0.05) is 6.42 Å². The maximum absolute atomic E-state index is 13.6. The highest BCUT2D eigenvalue weighted by atomic mass is 19.1.